The van der Waals surface area contributed by atoms with Gasteiger partial charge in [0, 0.05) is 19.6 Å². The first kappa shape index (κ1) is 11.0. The maximum absolute atomic E-state index is 5.54. The van der Waals surface area contributed by atoms with Gasteiger partial charge in [0.15, 0.2) is 5.82 Å². The van der Waals surface area contributed by atoms with E-state index in [1.165, 1.54) is 25.7 Å². The average Bonchev–Trinajstić information content (AvgIpc) is 3.23. The van der Waals surface area contributed by atoms with Gasteiger partial charge >= 0.3 is 0 Å². The quantitative estimate of drug-likeness (QED) is 0.808. The van der Waals surface area contributed by atoms with Gasteiger partial charge in [-0.15, -0.1) is 5.10 Å². The lowest BCUT2D eigenvalue weighted by Crippen LogP contribution is -2.29. The van der Waals surface area contributed by atoms with Crippen molar-refractivity contribution < 1.29 is 0 Å². The number of rotatable bonds is 6. The lowest BCUT2D eigenvalue weighted by molar-refractivity contribution is 0.664. The first-order valence-corrected chi connectivity index (χ1v) is 6.63. The summed E-state index contributed by atoms with van der Waals surface area (Å²) in [5, 5.41) is 8.46. The van der Waals surface area contributed by atoms with E-state index in [4.69, 9.17) is 5.73 Å². The molecule has 1 aromatic heterocycles. The third-order valence-corrected chi connectivity index (χ3v) is 3.59. The van der Waals surface area contributed by atoms with Gasteiger partial charge in [-0.1, -0.05) is 0 Å². The van der Waals surface area contributed by atoms with Crippen LogP contribution in [0.2, 0.25) is 0 Å². The molecular weight excluding hydrogens is 212 g/mol. The van der Waals surface area contributed by atoms with Crippen LogP contribution in [-0.2, 0) is 6.54 Å². The minimum atomic E-state index is 0.471. The average molecular weight is 232 g/mol. The molecule has 0 saturated heterocycles. The maximum atomic E-state index is 5.54. The topological polar surface area (TPSA) is 55.0 Å². The molecule has 0 atom stereocenters. The predicted molar refractivity (Wildman–Crippen MR) is 67.6 cm³/mol. The van der Waals surface area contributed by atoms with Crippen molar-refractivity contribution in [3.63, 3.8) is 0 Å². The number of hydrogen-bond acceptors (Lipinski definition) is 4. The summed E-state index contributed by atoms with van der Waals surface area (Å²) < 4.78 is 0. The molecule has 0 amide bonds. The molecule has 0 aromatic carbocycles. The molecule has 0 bridgehead atoms. The Bertz CT molecular complexity index is 354. The van der Waals surface area contributed by atoms with Crippen LogP contribution in [0.15, 0.2) is 12.1 Å². The van der Waals surface area contributed by atoms with Crippen molar-refractivity contribution in [1.82, 2.24) is 10.2 Å². The van der Waals surface area contributed by atoms with Crippen molar-refractivity contribution in [3.05, 3.63) is 17.8 Å². The second-order valence-corrected chi connectivity index (χ2v) is 5.38. The number of aromatic nitrogens is 2. The molecule has 1 aromatic rings. The van der Waals surface area contributed by atoms with Crippen LogP contribution in [0.5, 0.6) is 0 Å². The second kappa shape index (κ2) is 4.61. The van der Waals surface area contributed by atoms with Crippen molar-refractivity contribution in [2.24, 2.45) is 17.6 Å². The molecule has 0 radical (unpaired) electrons. The van der Waals surface area contributed by atoms with E-state index >= 15 is 0 Å². The Hall–Kier alpha value is -1.16. The zero-order valence-corrected chi connectivity index (χ0v) is 10.2. The fourth-order valence-electron chi connectivity index (χ4n) is 2.12. The zero-order chi connectivity index (χ0) is 11.7. The van der Waals surface area contributed by atoms with Crippen LogP contribution < -0.4 is 10.6 Å². The summed E-state index contributed by atoms with van der Waals surface area (Å²) in [4.78, 5) is 2.42. The SMILES string of the molecule is NCc1ccc(N(CC2CC2)CC2CC2)nn1. The Morgan fingerprint density at radius 2 is 1.71 bits per heavy atom. The Kier molecular flexibility index (Phi) is 2.97. The molecule has 0 unspecified atom stereocenters. The molecule has 0 aliphatic heterocycles. The summed E-state index contributed by atoms with van der Waals surface area (Å²) in [5.74, 6) is 2.82. The van der Waals surface area contributed by atoms with E-state index in [9.17, 15) is 0 Å². The Labute approximate surface area is 102 Å². The molecule has 4 nitrogen and oxygen atoms in total. The largest absolute Gasteiger partial charge is 0.355 e. The van der Waals surface area contributed by atoms with E-state index in [2.05, 4.69) is 21.2 Å². The summed E-state index contributed by atoms with van der Waals surface area (Å²) in [7, 11) is 0. The molecular formula is C13H20N4. The predicted octanol–water partition coefficient (Wildman–Crippen LogP) is 1.56. The van der Waals surface area contributed by atoms with Crippen molar-refractivity contribution in [3.8, 4) is 0 Å². The van der Waals surface area contributed by atoms with Gasteiger partial charge in [0.1, 0.15) is 0 Å². The molecule has 17 heavy (non-hydrogen) atoms. The summed E-state index contributed by atoms with van der Waals surface area (Å²) in [5.41, 5.74) is 6.41. The third-order valence-electron chi connectivity index (χ3n) is 3.59. The summed E-state index contributed by atoms with van der Waals surface area (Å²) in [6.45, 7) is 2.79. The molecule has 0 spiro atoms. The van der Waals surface area contributed by atoms with E-state index in [-0.39, 0.29) is 0 Å². The lowest BCUT2D eigenvalue weighted by Gasteiger charge is -2.23. The Morgan fingerprint density at radius 1 is 1.06 bits per heavy atom. The van der Waals surface area contributed by atoms with Crippen LogP contribution in [0.3, 0.4) is 0 Å². The molecule has 92 valence electrons. The highest BCUT2D eigenvalue weighted by Crippen LogP contribution is 2.35. The van der Waals surface area contributed by atoms with Crippen molar-refractivity contribution in [2.45, 2.75) is 32.2 Å². The molecule has 2 saturated carbocycles. The Balaban J connectivity index is 1.69. The highest BCUT2D eigenvalue weighted by molar-refractivity contribution is 5.38. The van der Waals surface area contributed by atoms with Crippen LogP contribution in [0.1, 0.15) is 31.4 Å². The van der Waals surface area contributed by atoms with Crippen LogP contribution >= 0.6 is 0 Å². The van der Waals surface area contributed by atoms with Gasteiger partial charge in [0.25, 0.3) is 0 Å². The fraction of sp³-hybridized carbons (Fsp3) is 0.692. The van der Waals surface area contributed by atoms with Gasteiger partial charge in [-0.25, -0.2) is 0 Å². The van der Waals surface area contributed by atoms with E-state index < -0.39 is 0 Å². The smallest absolute Gasteiger partial charge is 0.151 e. The highest BCUT2D eigenvalue weighted by Gasteiger charge is 2.29. The zero-order valence-electron chi connectivity index (χ0n) is 10.2. The molecule has 2 N–H and O–H groups in total. The first-order valence-electron chi connectivity index (χ1n) is 6.63. The van der Waals surface area contributed by atoms with E-state index in [1.54, 1.807) is 0 Å². The van der Waals surface area contributed by atoms with E-state index in [0.29, 0.717) is 6.54 Å². The maximum Gasteiger partial charge on any atom is 0.151 e. The standard InChI is InChI=1S/C13H20N4/c14-7-12-5-6-13(16-15-12)17(8-10-1-2-10)9-11-3-4-11/h5-6,10-11H,1-4,7-9,14H2. The number of nitrogens with zero attached hydrogens (tertiary/aromatic N) is 3. The lowest BCUT2D eigenvalue weighted by atomic mass is 10.3. The Morgan fingerprint density at radius 3 is 2.12 bits per heavy atom. The molecule has 2 aliphatic carbocycles. The molecule has 2 fully saturated rings. The number of hydrogen-bond donors (Lipinski definition) is 1. The van der Waals surface area contributed by atoms with Gasteiger partial charge in [0.05, 0.1) is 5.69 Å². The van der Waals surface area contributed by atoms with Gasteiger partial charge < -0.3 is 10.6 Å². The van der Waals surface area contributed by atoms with Crippen molar-refractivity contribution in [2.75, 3.05) is 18.0 Å². The van der Waals surface area contributed by atoms with Crippen LogP contribution in [0, 0.1) is 11.8 Å². The highest BCUT2D eigenvalue weighted by atomic mass is 15.3. The summed E-state index contributed by atoms with van der Waals surface area (Å²) in [6.07, 6.45) is 5.54. The van der Waals surface area contributed by atoms with Gasteiger partial charge in [-0.3, -0.25) is 0 Å². The van der Waals surface area contributed by atoms with Crippen LogP contribution in [-0.4, -0.2) is 23.3 Å². The van der Waals surface area contributed by atoms with Crippen molar-refractivity contribution >= 4 is 5.82 Å². The van der Waals surface area contributed by atoms with Crippen LogP contribution in [0.4, 0.5) is 5.82 Å². The normalized spacial score (nSPS) is 19.4. The minimum Gasteiger partial charge on any atom is -0.355 e. The van der Waals surface area contributed by atoms with E-state index in [0.717, 1.165) is 36.4 Å². The molecule has 2 aliphatic rings. The summed E-state index contributed by atoms with van der Waals surface area (Å²) >= 11 is 0. The molecule has 4 heteroatoms. The molecule has 1 heterocycles. The van der Waals surface area contributed by atoms with Gasteiger partial charge in [-0.2, -0.15) is 5.10 Å². The van der Waals surface area contributed by atoms with Crippen molar-refractivity contribution in [1.29, 1.82) is 0 Å². The molecule has 3 rings (SSSR count). The van der Waals surface area contributed by atoms with Gasteiger partial charge in [-0.05, 0) is 49.7 Å². The fourth-order valence-corrected chi connectivity index (χ4v) is 2.12. The number of nitrogens with two attached hydrogens (primary N) is 1. The van der Waals surface area contributed by atoms with Gasteiger partial charge in [0.2, 0.25) is 0 Å². The minimum absolute atomic E-state index is 0.471. The second-order valence-electron chi connectivity index (χ2n) is 5.38. The first-order chi connectivity index (χ1) is 8.35. The van der Waals surface area contributed by atoms with E-state index in [1.807, 2.05) is 6.07 Å². The van der Waals surface area contributed by atoms with Crippen LogP contribution in [0.25, 0.3) is 0 Å². The third kappa shape index (κ3) is 2.94. The summed E-state index contributed by atoms with van der Waals surface area (Å²) in [6, 6.07) is 4.06. The monoisotopic (exact) mass is 232 g/mol. The number of anilines is 1.